The van der Waals surface area contributed by atoms with Gasteiger partial charge in [-0.25, -0.2) is 8.78 Å². The van der Waals surface area contributed by atoms with Crippen molar-refractivity contribution in [2.75, 3.05) is 10.6 Å². The molecule has 0 saturated carbocycles. The Labute approximate surface area is 145 Å². The normalized spacial score (nSPS) is 10.5. The van der Waals surface area contributed by atoms with Crippen LogP contribution in [0.25, 0.3) is 0 Å². The van der Waals surface area contributed by atoms with Crippen LogP contribution in [-0.4, -0.2) is 15.2 Å². The second-order valence-electron chi connectivity index (χ2n) is 4.67. The summed E-state index contributed by atoms with van der Waals surface area (Å²) < 4.78 is 26.1. The fourth-order valence-electron chi connectivity index (χ4n) is 1.85. The molecule has 0 atom stereocenters. The molecule has 9 heteroatoms. The SMILES string of the molecule is Fc1ccc(Nc2nncc(Nc3ccc(Cl)cc3Cl)n2)cc1F. The molecule has 2 N–H and O–H groups in total. The molecule has 0 aliphatic rings. The minimum absolute atomic E-state index is 0.107. The van der Waals surface area contributed by atoms with E-state index in [1.165, 1.54) is 12.3 Å². The first-order valence-electron chi connectivity index (χ1n) is 6.65. The number of halogens is 4. The van der Waals surface area contributed by atoms with Gasteiger partial charge in [-0.1, -0.05) is 23.2 Å². The van der Waals surface area contributed by atoms with E-state index in [1.54, 1.807) is 18.2 Å². The third kappa shape index (κ3) is 3.87. The van der Waals surface area contributed by atoms with Crippen molar-refractivity contribution in [1.29, 1.82) is 0 Å². The second kappa shape index (κ2) is 6.94. The first-order valence-corrected chi connectivity index (χ1v) is 7.41. The van der Waals surface area contributed by atoms with Crippen LogP contribution >= 0.6 is 23.2 Å². The summed E-state index contributed by atoms with van der Waals surface area (Å²) in [7, 11) is 0. The Balaban J connectivity index is 1.79. The third-order valence-corrected chi connectivity index (χ3v) is 3.48. The van der Waals surface area contributed by atoms with Crippen LogP contribution in [-0.2, 0) is 0 Å². The smallest absolute Gasteiger partial charge is 0.249 e. The summed E-state index contributed by atoms with van der Waals surface area (Å²) in [6.45, 7) is 0. The maximum absolute atomic E-state index is 13.2. The van der Waals surface area contributed by atoms with Crippen molar-refractivity contribution < 1.29 is 8.78 Å². The molecule has 3 aromatic rings. The van der Waals surface area contributed by atoms with Gasteiger partial charge in [-0.15, -0.1) is 5.10 Å². The Bertz CT molecular complexity index is 891. The van der Waals surface area contributed by atoms with Crippen molar-refractivity contribution in [2.45, 2.75) is 0 Å². The molecule has 0 aliphatic carbocycles. The maximum atomic E-state index is 13.2. The molecular weight excluding hydrogens is 359 g/mol. The van der Waals surface area contributed by atoms with E-state index in [0.29, 0.717) is 21.6 Å². The molecule has 2 aromatic carbocycles. The highest BCUT2D eigenvalue weighted by atomic mass is 35.5. The van der Waals surface area contributed by atoms with E-state index in [0.717, 1.165) is 12.1 Å². The topological polar surface area (TPSA) is 62.7 Å². The van der Waals surface area contributed by atoms with Gasteiger partial charge in [-0.3, -0.25) is 0 Å². The number of hydrogen-bond acceptors (Lipinski definition) is 5. The van der Waals surface area contributed by atoms with E-state index in [1.807, 2.05) is 0 Å². The van der Waals surface area contributed by atoms with E-state index in [-0.39, 0.29) is 11.6 Å². The molecule has 0 fully saturated rings. The van der Waals surface area contributed by atoms with Crippen molar-refractivity contribution in [2.24, 2.45) is 0 Å². The highest BCUT2D eigenvalue weighted by Gasteiger charge is 2.07. The summed E-state index contributed by atoms with van der Waals surface area (Å²) in [6.07, 6.45) is 1.39. The van der Waals surface area contributed by atoms with Gasteiger partial charge in [-0.2, -0.15) is 10.1 Å². The number of anilines is 4. The lowest BCUT2D eigenvalue weighted by molar-refractivity contribution is 0.509. The zero-order valence-corrected chi connectivity index (χ0v) is 13.4. The van der Waals surface area contributed by atoms with Gasteiger partial charge in [0.05, 0.1) is 16.9 Å². The minimum atomic E-state index is -0.977. The number of nitrogens with zero attached hydrogens (tertiary/aromatic N) is 3. The minimum Gasteiger partial charge on any atom is -0.338 e. The average molecular weight is 368 g/mol. The van der Waals surface area contributed by atoms with Gasteiger partial charge >= 0.3 is 0 Å². The number of nitrogens with one attached hydrogen (secondary N) is 2. The van der Waals surface area contributed by atoms with Crippen LogP contribution in [0.4, 0.5) is 31.9 Å². The van der Waals surface area contributed by atoms with E-state index in [4.69, 9.17) is 23.2 Å². The lowest BCUT2D eigenvalue weighted by atomic mass is 10.3. The van der Waals surface area contributed by atoms with Gasteiger partial charge in [0.2, 0.25) is 5.95 Å². The highest BCUT2D eigenvalue weighted by Crippen LogP contribution is 2.27. The van der Waals surface area contributed by atoms with Crippen LogP contribution in [0, 0.1) is 11.6 Å². The van der Waals surface area contributed by atoms with Gasteiger partial charge in [0.15, 0.2) is 17.5 Å². The molecular formula is C15H9Cl2F2N5. The molecule has 0 aliphatic heterocycles. The fourth-order valence-corrected chi connectivity index (χ4v) is 2.30. The summed E-state index contributed by atoms with van der Waals surface area (Å²) in [6, 6.07) is 8.30. The van der Waals surface area contributed by atoms with Crippen molar-refractivity contribution >= 4 is 46.3 Å². The number of aromatic nitrogens is 3. The molecule has 5 nitrogen and oxygen atoms in total. The maximum Gasteiger partial charge on any atom is 0.249 e. The standard InChI is InChI=1S/C15H9Cl2F2N5/c16-8-1-4-13(10(17)5-8)22-14-7-20-24-15(23-14)21-9-2-3-11(18)12(19)6-9/h1-7H,(H2,21,22,23,24). The van der Waals surface area contributed by atoms with Crippen molar-refractivity contribution in [3.63, 3.8) is 0 Å². The molecule has 24 heavy (non-hydrogen) atoms. The van der Waals surface area contributed by atoms with Crippen LogP contribution < -0.4 is 10.6 Å². The summed E-state index contributed by atoms with van der Waals surface area (Å²) in [4.78, 5) is 4.18. The Morgan fingerprint density at radius 2 is 1.75 bits per heavy atom. The molecule has 1 aromatic heterocycles. The van der Waals surface area contributed by atoms with E-state index < -0.39 is 11.6 Å². The summed E-state index contributed by atoms with van der Waals surface area (Å²) in [5.74, 6) is -1.45. The zero-order chi connectivity index (χ0) is 17.1. The van der Waals surface area contributed by atoms with E-state index in [9.17, 15) is 8.78 Å². The van der Waals surface area contributed by atoms with Crippen molar-refractivity contribution in [1.82, 2.24) is 15.2 Å². The number of rotatable bonds is 4. The highest BCUT2D eigenvalue weighted by molar-refractivity contribution is 6.36. The van der Waals surface area contributed by atoms with Crippen LogP contribution in [0.15, 0.2) is 42.6 Å². The van der Waals surface area contributed by atoms with Gasteiger partial charge in [0.25, 0.3) is 0 Å². The first-order chi connectivity index (χ1) is 11.5. The number of benzene rings is 2. The van der Waals surface area contributed by atoms with Crippen LogP contribution in [0.3, 0.4) is 0 Å². The summed E-state index contributed by atoms with van der Waals surface area (Å²) in [5, 5.41) is 14.2. The fraction of sp³-hybridized carbons (Fsp3) is 0. The lowest BCUT2D eigenvalue weighted by Gasteiger charge is -2.09. The molecule has 3 rings (SSSR count). The van der Waals surface area contributed by atoms with E-state index in [2.05, 4.69) is 25.8 Å². The largest absolute Gasteiger partial charge is 0.338 e. The van der Waals surface area contributed by atoms with Crippen LogP contribution in [0.5, 0.6) is 0 Å². The molecule has 0 saturated heterocycles. The van der Waals surface area contributed by atoms with Crippen molar-refractivity contribution in [3.05, 3.63) is 64.3 Å². The summed E-state index contributed by atoms with van der Waals surface area (Å²) in [5.41, 5.74) is 0.873. The molecule has 0 bridgehead atoms. The van der Waals surface area contributed by atoms with Gasteiger partial charge in [0.1, 0.15) is 0 Å². The van der Waals surface area contributed by atoms with Crippen LogP contribution in [0.2, 0.25) is 10.0 Å². The Hall–Kier alpha value is -2.51. The molecule has 0 spiro atoms. The van der Waals surface area contributed by atoms with Gasteiger partial charge in [0, 0.05) is 16.8 Å². The second-order valence-corrected chi connectivity index (χ2v) is 5.51. The molecule has 0 amide bonds. The average Bonchev–Trinajstić information content (AvgIpc) is 2.54. The molecule has 1 heterocycles. The van der Waals surface area contributed by atoms with E-state index >= 15 is 0 Å². The zero-order valence-electron chi connectivity index (χ0n) is 11.9. The quantitative estimate of drug-likeness (QED) is 0.683. The summed E-state index contributed by atoms with van der Waals surface area (Å²) >= 11 is 11.9. The molecule has 0 radical (unpaired) electrons. The monoisotopic (exact) mass is 367 g/mol. The Morgan fingerprint density at radius 3 is 2.50 bits per heavy atom. The predicted molar refractivity (Wildman–Crippen MR) is 89.2 cm³/mol. The van der Waals surface area contributed by atoms with Gasteiger partial charge in [-0.05, 0) is 30.3 Å². The third-order valence-electron chi connectivity index (χ3n) is 2.93. The predicted octanol–water partition coefficient (Wildman–Crippen LogP) is 4.94. The lowest BCUT2D eigenvalue weighted by Crippen LogP contribution is -2.03. The Morgan fingerprint density at radius 1 is 0.917 bits per heavy atom. The Kier molecular flexibility index (Phi) is 4.73. The molecule has 0 unspecified atom stereocenters. The van der Waals surface area contributed by atoms with Crippen LogP contribution in [0.1, 0.15) is 0 Å². The van der Waals surface area contributed by atoms with Crippen molar-refractivity contribution in [3.8, 4) is 0 Å². The first kappa shape index (κ1) is 16.4. The van der Waals surface area contributed by atoms with Gasteiger partial charge < -0.3 is 10.6 Å². The number of hydrogen-bond donors (Lipinski definition) is 2. The molecule has 122 valence electrons.